The van der Waals surface area contributed by atoms with Crippen LogP contribution in [0.2, 0.25) is 0 Å². The first-order valence-electron chi connectivity index (χ1n) is 9.67. The van der Waals surface area contributed by atoms with Gasteiger partial charge in [0.1, 0.15) is 23.5 Å². The molecule has 1 amide bonds. The third-order valence-electron chi connectivity index (χ3n) is 5.05. The van der Waals surface area contributed by atoms with Crippen LogP contribution in [0.15, 0.2) is 36.7 Å². The van der Waals surface area contributed by atoms with Gasteiger partial charge in [0.05, 0.1) is 5.69 Å². The van der Waals surface area contributed by atoms with E-state index in [1.165, 1.54) is 12.1 Å². The Morgan fingerprint density at radius 2 is 2.13 bits per heavy atom. The Morgan fingerprint density at radius 1 is 1.33 bits per heavy atom. The number of piperazine rings is 1. The van der Waals surface area contributed by atoms with E-state index in [4.69, 9.17) is 0 Å². The van der Waals surface area contributed by atoms with E-state index >= 15 is 0 Å². The van der Waals surface area contributed by atoms with Gasteiger partial charge in [-0.15, -0.1) is 17.5 Å². The average Bonchev–Trinajstić information content (AvgIpc) is 3.34. The van der Waals surface area contributed by atoms with Gasteiger partial charge in [0.15, 0.2) is 0 Å². The maximum Gasteiger partial charge on any atom is 0.294 e. The lowest BCUT2D eigenvalue weighted by molar-refractivity contribution is 0.0608. The highest BCUT2D eigenvalue weighted by molar-refractivity contribution is 5.91. The largest absolute Gasteiger partial charge is 0.336 e. The zero-order chi connectivity index (χ0) is 20.5. The summed E-state index contributed by atoms with van der Waals surface area (Å²) in [7, 11) is 1.91. The minimum absolute atomic E-state index is 0. The molecule has 3 aromatic rings. The van der Waals surface area contributed by atoms with Gasteiger partial charge in [-0.2, -0.15) is 0 Å². The first-order chi connectivity index (χ1) is 14.0. The fourth-order valence-electron chi connectivity index (χ4n) is 3.59. The molecule has 8 nitrogen and oxygen atoms in total. The van der Waals surface area contributed by atoms with Crippen LogP contribution in [0.4, 0.5) is 4.39 Å². The Labute approximate surface area is 180 Å². The Bertz CT molecular complexity index is 1030. The second-order valence-electron chi connectivity index (χ2n) is 7.45. The van der Waals surface area contributed by atoms with Crippen LogP contribution in [0.5, 0.6) is 0 Å². The molecule has 0 saturated carbocycles. The quantitative estimate of drug-likeness (QED) is 0.683. The summed E-state index contributed by atoms with van der Waals surface area (Å²) in [6.07, 6.45) is 3.58. The number of hydrogen-bond donors (Lipinski definition) is 1. The van der Waals surface area contributed by atoms with Gasteiger partial charge >= 0.3 is 0 Å². The standard InChI is InChI=1S/C20H24FN7O.ClH/c1-13(2)18-24-17(25-28(18)15-6-4-5-14(21)11-15)20(29)27-10-7-22-12-16(27)19-23-8-9-26(19)3;/h4-6,8-9,11,13,16,22H,7,10,12H2,1-3H3;1H. The Kier molecular flexibility index (Phi) is 6.52. The van der Waals surface area contributed by atoms with Gasteiger partial charge in [-0.3, -0.25) is 4.79 Å². The highest BCUT2D eigenvalue weighted by Gasteiger charge is 2.33. The number of carbonyl (C=O) groups excluding carboxylic acids is 1. The summed E-state index contributed by atoms with van der Waals surface area (Å²) in [4.78, 5) is 24.0. The molecule has 2 aromatic heterocycles. The van der Waals surface area contributed by atoms with Gasteiger partial charge in [-0.1, -0.05) is 19.9 Å². The number of imidazole rings is 1. The molecule has 30 heavy (non-hydrogen) atoms. The van der Waals surface area contributed by atoms with Crippen molar-refractivity contribution in [3.63, 3.8) is 0 Å². The third-order valence-corrected chi connectivity index (χ3v) is 5.05. The zero-order valence-corrected chi connectivity index (χ0v) is 17.9. The van der Waals surface area contributed by atoms with Crippen molar-refractivity contribution < 1.29 is 9.18 Å². The maximum absolute atomic E-state index is 13.7. The summed E-state index contributed by atoms with van der Waals surface area (Å²) in [6, 6.07) is 5.92. The summed E-state index contributed by atoms with van der Waals surface area (Å²) in [5.41, 5.74) is 0.543. The molecule has 1 aliphatic heterocycles. The highest BCUT2D eigenvalue weighted by atomic mass is 35.5. The molecule has 0 bridgehead atoms. The predicted molar refractivity (Wildman–Crippen MR) is 113 cm³/mol. The van der Waals surface area contributed by atoms with Gasteiger partial charge in [-0.05, 0) is 18.2 Å². The van der Waals surface area contributed by atoms with Crippen LogP contribution in [-0.4, -0.2) is 54.8 Å². The number of benzene rings is 1. The molecule has 160 valence electrons. The van der Waals surface area contributed by atoms with Crippen molar-refractivity contribution in [2.45, 2.75) is 25.8 Å². The Balaban J connectivity index is 0.00000256. The molecule has 0 spiro atoms. The van der Waals surface area contributed by atoms with E-state index in [2.05, 4.69) is 20.4 Å². The lowest BCUT2D eigenvalue weighted by Crippen LogP contribution is -2.49. The number of halogens is 2. The number of nitrogens with one attached hydrogen (secondary N) is 1. The van der Waals surface area contributed by atoms with Crippen molar-refractivity contribution in [1.29, 1.82) is 0 Å². The van der Waals surface area contributed by atoms with E-state index in [0.717, 1.165) is 5.82 Å². The van der Waals surface area contributed by atoms with E-state index in [-0.39, 0.29) is 41.9 Å². The molecule has 1 unspecified atom stereocenters. The van der Waals surface area contributed by atoms with Gasteiger partial charge in [0, 0.05) is 45.0 Å². The van der Waals surface area contributed by atoms with Crippen LogP contribution < -0.4 is 5.32 Å². The lowest BCUT2D eigenvalue weighted by Gasteiger charge is -2.35. The molecule has 1 saturated heterocycles. The Morgan fingerprint density at radius 3 is 2.80 bits per heavy atom. The maximum atomic E-state index is 13.7. The van der Waals surface area contributed by atoms with Crippen molar-refractivity contribution in [3.8, 4) is 5.69 Å². The summed E-state index contributed by atoms with van der Waals surface area (Å²) < 4.78 is 17.2. The molecule has 1 N–H and O–H groups in total. The number of aromatic nitrogens is 5. The molecular formula is C20H25ClFN7O. The SMILES string of the molecule is CC(C)c1nc(C(=O)N2CCNCC2c2nccn2C)nn1-c1cccc(F)c1.Cl. The van der Waals surface area contributed by atoms with Crippen LogP contribution in [0.1, 0.15) is 48.1 Å². The monoisotopic (exact) mass is 433 g/mol. The number of carbonyl (C=O) groups is 1. The molecule has 10 heteroatoms. The van der Waals surface area contributed by atoms with Crippen LogP contribution >= 0.6 is 12.4 Å². The lowest BCUT2D eigenvalue weighted by atomic mass is 10.1. The minimum Gasteiger partial charge on any atom is -0.336 e. The van der Waals surface area contributed by atoms with Gasteiger partial charge < -0.3 is 14.8 Å². The normalized spacial score (nSPS) is 16.6. The van der Waals surface area contributed by atoms with E-state index in [1.54, 1.807) is 27.9 Å². The van der Waals surface area contributed by atoms with Crippen LogP contribution in [-0.2, 0) is 7.05 Å². The summed E-state index contributed by atoms with van der Waals surface area (Å²) in [6.45, 7) is 5.76. The fourth-order valence-corrected chi connectivity index (χ4v) is 3.59. The van der Waals surface area contributed by atoms with Crippen LogP contribution in [0.3, 0.4) is 0 Å². The van der Waals surface area contributed by atoms with Crippen molar-refractivity contribution in [2.75, 3.05) is 19.6 Å². The summed E-state index contributed by atoms with van der Waals surface area (Å²) in [5.74, 6) is 0.927. The highest BCUT2D eigenvalue weighted by Crippen LogP contribution is 2.24. The number of aryl methyl sites for hydroxylation is 1. The predicted octanol–water partition coefficient (Wildman–Crippen LogP) is 2.47. The number of nitrogens with zero attached hydrogens (tertiary/aromatic N) is 6. The van der Waals surface area contributed by atoms with E-state index in [9.17, 15) is 9.18 Å². The van der Waals surface area contributed by atoms with Gasteiger partial charge in [0.25, 0.3) is 5.91 Å². The molecule has 4 rings (SSSR count). The molecule has 0 aliphatic carbocycles. The summed E-state index contributed by atoms with van der Waals surface area (Å²) >= 11 is 0. The molecule has 0 radical (unpaired) electrons. The zero-order valence-electron chi connectivity index (χ0n) is 17.1. The topological polar surface area (TPSA) is 80.9 Å². The van der Waals surface area contributed by atoms with Crippen molar-refractivity contribution >= 4 is 18.3 Å². The van der Waals surface area contributed by atoms with Crippen molar-refractivity contribution in [3.05, 3.63) is 59.9 Å². The fraction of sp³-hybridized carbons (Fsp3) is 0.400. The first kappa shape index (κ1) is 21.9. The average molecular weight is 434 g/mol. The first-order valence-corrected chi connectivity index (χ1v) is 9.67. The Hall–Kier alpha value is -2.78. The second-order valence-corrected chi connectivity index (χ2v) is 7.45. The van der Waals surface area contributed by atoms with Crippen molar-refractivity contribution in [1.82, 2.24) is 34.5 Å². The number of rotatable bonds is 4. The van der Waals surface area contributed by atoms with Gasteiger partial charge in [0.2, 0.25) is 5.82 Å². The van der Waals surface area contributed by atoms with Crippen molar-refractivity contribution in [2.24, 2.45) is 7.05 Å². The molecule has 1 aromatic carbocycles. The van der Waals surface area contributed by atoms with E-state index < -0.39 is 0 Å². The molecular weight excluding hydrogens is 409 g/mol. The molecule has 1 aliphatic rings. The molecule has 1 atom stereocenters. The number of hydrogen-bond acceptors (Lipinski definition) is 5. The molecule has 1 fully saturated rings. The smallest absolute Gasteiger partial charge is 0.294 e. The summed E-state index contributed by atoms with van der Waals surface area (Å²) in [5, 5.41) is 7.77. The van der Waals surface area contributed by atoms with E-state index in [0.29, 0.717) is 31.1 Å². The molecule has 3 heterocycles. The van der Waals surface area contributed by atoms with E-state index in [1.807, 2.05) is 31.7 Å². The second kappa shape index (κ2) is 8.93. The number of amides is 1. The van der Waals surface area contributed by atoms with Crippen LogP contribution in [0, 0.1) is 5.82 Å². The van der Waals surface area contributed by atoms with Crippen LogP contribution in [0.25, 0.3) is 5.69 Å². The third kappa shape index (κ3) is 4.08. The van der Waals surface area contributed by atoms with Gasteiger partial charge in [-0.25, -0.2) is 19.0 Å². The minimum atomic E-state index is -0.363.